The molecule has 2 amide bonds. The zero-order valence-electron chi connectivity index (χ0n) is 13.6. The first-order chi connectivity index (χ1) is 11.8. The van der Waals surface area contributed by atoms with E-state index in [4.69, 9.17) is 0 Å². The van der Waals surface area contributed by atoms with E-state index in [1.54, 1.807) is 17.6 Å². The fraction of sp³-hybridized carbons (Fsp3) is 0.389. The van der Waals surface area contributed by atoms with Gasteiger partial charge in [0.2, 0.25) is 0 Å². The van der Waals surface area contributed by atoms with Crippen molar-refractivity contribution in [1.82, 2.24) is 10.3 Å². The number of pyridine rings is 1. The molecule has 0 radical (unpaired) electrons. The monoisotopic (exact) mass is 342 g/mol. The third kappa shape index (κ3) is 4.89. The molecule has 0 spiro atoms. The predicted molar refractivity (Wildman–Crippen MR) is 99.3 cm³/mol. The number of aromatic nitrogens is 1. The van der Waals surface area contributed by atoms with E-state index in [2.05, 4.69) is 38.8 Å². The predicted octanol–water partition coefficient (Wildman–Crippen LogP) is 3.46. The summed E-state index contributed by atoms with van der Waals surface area (Å²) >= 11 is 1.70. The number of hydrogen-bond donors (Lipinski definition) is 2. The van der Waals surface area contributed by atoms with E-state index in [1.807, 2.05) is 11.4 Å². The molecule has 6 heteroatoms. The van der Waals surface area contributed by atoms with Crippen molar-refractivity contribution in [3.05, 3.63) is 45.8 Å². The third-order valence-corrected chi connectivity index (χ3v) is 4.85. The Bertz CT molecular complexity index is 697. The lowest BCUT2D eigenvalue weighted by Gasteiger charge is -2.17. The van der Waals surface area contributed by atoms with Crippen LogP contribution >= 0.6 is 11.3 Å². The van der Waals surface area contributed by atoms with E-state index >= 15 is 0 Å². The molecule has 0 saturated carbocycles. The van der Waals surface area contributed by atoms with E-state index in [-0.39, 0.29) is 6.03 Å². The van der Waals surface area contributed by atoms with E-state index in [1.165, 1.54) is 16.9 Å². The number of nitrogens with one attached hydrogen (secondary N) is 2. The SMILES string of the molecule is O=C(N=CCCc1ccc2c(n1)NCCC2)NCCc1cccs1. The number of urea groups is 1. The van der Waals surface area contributed by atoms with Gasteiger partial charge in [-0.1, -0.05) is 12.1 Å². The average Bonchev–Trinajstić information content (AvgIpc) is 3.12. The Labute approximate surface area is 146 Å². The number of fused-ring (bicyclic) bond motifs is 1. The molecule has 0 bridgehead atoms. The maximum atomic E-state index is 11.6. The number of carbonyl (C=O) groups is 1. The van der Waals surface area contributed by atoms with Crippen molar-refractivity contribution in [2.75, 3.05) is 18.4 Å². The summed E-state index contributed by atoms with van der Waals surface area (Å²) in [5.41, 5.74) is 2.33. The third-order valence-electron chi connectivity index (χ3n) is 3.92. The Hall–Kier alpha value is -2.21. The van der Waals surface area contributed by atoms with E-state index in [0.717, 1.165) is 37.3 Å². The Balaban J connectivity index is 1.37. The van der Waals surface area contributed by atoms with Crippen LogP contribution in [0.5, 0.6) is 0 Å². The van der Waals surface area contributed by atoms with Gasteiger partial charge in [-0.05, 0) is 55.2 Å². The molecule has 24 heavy (non-hydrogen) atoms. The number of amides is 2. The first kappa shape index (κ1) is 16.6. The second-order valence-electron chi connectivity index (χ2n) is 5.75. The number of anilines is 1. The number of rotatable bonds is 6. The fourth-order valence-electron chi connectivity index (χ4n) is 2.66. The van der Waals surface area contributed by atoms with Gasteiger partial charge in [0.15, 0.2) is 0 Å². The van der Waals surface area contributed by atoms with E-state index < -0.39 is 0 Å². The van der Waals surface area contributed by atoms with Crippen molar-refractivity contribution < 1.29 is 4.79 Å². The smallest absolute Gasteiger partial charge is 0.340 e. The molecule has 2 N–H and O–H groups in total. The van der Waals surface area contributed by atoms with Crippen molar-refractivity contribution in [1.29, 1.82) is 0 Å². The van der Waals surface area contributed by atoms with Crippen LogP contribution in [0.2, 0.25) is 0 Å². The summed E-state index contributed by atoms with van der Waals surface area (Å²) in [5, 5.41) is 8.18. The molecule has 126 valence electrons. The zero-order valence-corrected chi connectivity index (χ0v) is 14.4. The lowest BCUT2D eigenvalue weighted by atomic mass is 10.1. The zero-order chi connectivity index (χ0) is 16.6. The highest BCUT2D eigenvalue weighted by molar-refractivity contribution is 7.09. The summed E-state index contributed by atoms with van der Waals surface area (Å²) in [6.45, 7) is 1.62. The van der Waals surface area contributed by atoms with Gasteiger partial charge in [0.1, 0.15) is 5.82 Å². The Morgan fingerprint density at radius 3 is 3.21 bits per heavy atom. The molecule has 1 aliphatic rings. The summed E-state index contributed by atoms with van der Waals surface area (Å²) in [4.78, 5) is 21.5. The van der Waals surface area contributed by atoms with Gasteiger partial charge in [0, 0.05) is 29.9 Å². The number of hydrogen-bond acceptors (Lipinski definition) is 4. The lowest BCUT2D eigenvalue weighted by molar-refractivity contribution is 0.249. The van der Waals surface area contributed by atoms with Crippen LogP contribution in [0.15, 0.2) is 34.6 Å². The minimum Gasteiger partial charge on any atom is -0.370 e. The molecule has 3 rings (SSSR count). The van der Waals surface area contributed by atoms with Gasteiger partial charge in [0.25, 0.3) is 0 Å². The average molecular weight is 342 g/mol. The van der Waals surface area contributed by atoms with Crippen LogP contribution in [0.25, 0.3) is 0 Å². The molecule has 0 aliphatic carbocycles. The quantitative estimate of drug-likeness (QED) is 0.790. The van der Waals surface area contributed by atoms with Crippen LogP contribution in [0.3, 0.4) is 0 Å². The van der Waals surface area contributed by atoms with Crippen molar-refractivity contribution in [3.63, 3.8) is 0 Å². The molecule has 3 heterocycles. The molecule has 0 atom stereocenters. The highest BCUT2D eigenvalue weighted by Crippen LogP contribution is 2.19. The Morgan fingerprint density at radius 1 is 1.38 bits per heavy atom. The summed E-state index contributed by atoms with van der Waals surface area (Å²) in [6, 6.07) is 8.04. The van der Waals surface area contributed by atoms with Crippen LogP contribution in [0.4, 0.5) is 10.6 Å². The van der Waals surface area contributed by atoms with Gasteiger partial charge in [-0.3, -0.25) is 0 Å². The minimum absolute atomic E-state index is 0.272. The molecule has 0 unspecified atom stereocenters. The largest absolute Gasteiger partial charge is 0.370 e. The highest BCUT2D eigenvalue weighted by Gasteiger charge is 2.09. The Kier molecular flexibility index (Phi) is 5.96. The molecule has 1 aliphatic heterocycles. The van der Waals surface area contributed by atoms with Gasteiger partial charge in [0.05, 0.1) is 0 Å². The van der Waals surface area contributed by atoms with Gasteiger partial charge in [-0.2, -0.15) is 0 Å². The summed E-state index contributed by atoms with van der Waals surface area (Å²) in [6.07, 6.45) is 6.30. The van der Waals surface area contributed by atoms with Crippen LogP contribution in [0, 0.1) is 0 Å². The second kappa shape index (κ2) is 8.59. The maximum absolute atomic E-state index is 11.6. The number of nitrogens with zero attached hydrogens (tertiary/aromatic N) is 2. The number of thiophene rings is 1. The summed E-state index contributed by atoms with van der Waals surface area (Å²) in [7, 11) is 0. The van der Waals surface area contributed by atoms with Crippen molar-refractivity contribution in [3.8, 4) is 0 Å². The molecule has 5 nitrogen and oxygen atoms in total. The standard InChI is InChI=1S/C18H22N4OS/c23-18(21-12-9-16-6-3-13-24-16)20-11-2-5-15-8-7-14-4-1-10-19-17(14)22-15/h3,6-8,11,13H,1-2,4-5,9-10,12H2,(H,19,22)(H,21,23). The summed E-state index contributed by atoms with van der Waals surface area (Å²) < 4.78 is 0. The van der Waals surface area contributed by atoms with Gasteiger partial charge in [-0.15, -0.1) is 11.3 Å². The van der Waals surface area contributed by atoms with Gasteiger partial charge < -0.3 is 10.6 Å². The van der Waals surface area contributed by atoms with Crippen molar-refractivity contribution in [2.24, 2.45) is 4.99 Å². The highest BCUT2D eigenvalue weighted by atomic mass is 32.1. The van der Waals surface area contributed by atoms with Crippen LogP contribution < -0.4 is 10.6 Å². The Morgan fingerprint density at radius 2 is 2.33 bits per heavy atom. The minimum atomic E-state index is -0.272. The maximum Gasteiger partial charge on any atom is 0.340 e. The number of aryl methyl sites for hydroxylation is 2. The van der Waals surface area contributed by atoms with Crippen molar-refractivity contribution in [2.45, 2.75) is 32.1 Å². The lowest BCUT2D eigenvalue weighted by Crippen LogP contribution is -2.22. The van der Waals surface area contributed by atoms with E-state index in [0.29, 0.717) is 13.0 Å². The van der Waals surface area contributed by atoms with Crippen LogP contribution in [-0.2, 0) is 19.3 Å². The molecule has 0 fully saturated rings. The fourth-order valence-corrected chi connectivity index (χ4v) is 3.37. The molecular formula is C18H22N4OS. The van der Waals surface area contributed by atoms with E-state index in [9.17, 15) is 4.79 Å². The second-order valence-corrected chi connectivity index (χ2v) is 6.78. The molecule has 2 aromatic heterocycles. The molecule has 0 aromatic carbocycles. The number of aliphatic imine (C=N–C) groups is 1. The normalized spacial score (nSPS) is 13.5. The van der Waals surface area contributed by atoms with Gasteiger partial charge in [-0.25, -0.2) is 14.8 Å². The first-order valence-corrected chi connectivity index (χ1v) is 9.24. The molecular weight excluding hydrogens is 320 g/mol. The summed E-state index contributed by atoms with van der Waals surface area (Å²) in [5.74, 6) is 1.02. The van der Waals surface area contributed by atoms with Crippen molar-refractivity contribution >= 4 is 29.4 Å². The molecule has 0 saturated heterocycles. The van der Waals surface area contributed by atoms with Crippen LogP contribution in [-0.4, -0.2) is 30.3 Å². The molecule has 2 aromatic rings. The number of carbonyl (C=O) groups excluding carboxylic acids is 1. The van der Waals surface area contributed by atoms with Crippen LogP contribution in [0.1, 0.15) is 29.0 Å². The topological polar surface area (TPSA) is 66.4 Å². The first-order valence-electron chi connectivity index (χ1n) is 8.37. The van der Waals surface area contributed by atoms with Gasteiger partial charge >= 0.3 is 6.03 Å².